The number of hydrogen-bond acceptors (Lipinski definition) is 1. The van der Waals surface area contributed by atoms with Gasteiger partial charge in [0, 0.05) is 12.1 Å². The molecule has 0 saturated carbocycles. The molecular weight excluding hydrogens is 157 g/mol. The van der Waals surface area contributed by atoms with Crippen molar-refractivity contribution >= 4 is 5.91 Å². The number of nitrogens with one attached hydrogen (secondary N) is 1. The summed E-state index contributed by atoms with van der Waals surface area (Å²) in [5, 5.41) is 2.47. The van der Waals surface area contributed by atoms with Crippen LogP contribution < -0.4 is 5.32 Å². The van der Waals surface area contributed by atoms with E-state index in [2.05, 4.69) is 12.2 Å². The van der Waals surface area contributed by atoms with Crippen molar-refractivity contribution in [2.24, 2.45) is 0 Å². The minimum absolute atomic E-state index is 0.301. The van der Waals surface area contributed by atoms with Gasteiger partial charge in [-0.25, -0.2) is 4.39 Å². The molecule has 1 rings (SSSR count). The number of hydrogen-bond donors (Lipinski definition) is 1. The fraction of sp³-hybridized carbons (Fsp3) is 0.111. The van der Waals surface area contributed by atoms with Crippen LogP contribution in [0.15, 0.2) is 24.3 Å². The Balaban J connectivity index is 2.81. The SMILES string of the molecule is [CH2]CNC(=O)c1cccc(F)c1. The maximum atomic E-state index is 12.6. The van der Waals surface area contributed by atoms with Gasteiger partial charge in [-0.15, -0.1) is 0 Å². The Bertz CT molecular complexity index is 286. The Morgan fingerprint density at radius 1 is 1.58 bits per heavy atom. The molecule has 63 valence electrons. The standard InChI is InChI=1S/C9H9FNO/c1-2-11-9(12)7-4-3-5-8(10)6-7/h3-6H,1-2H2,(H,11,12). The summed E-state index contributed by atoms with van der Waals surface area (Å²) in [6.45, 7) is 3.75. The van der Waals surface area contributed by atoms with Gasteiger partial charge in [0.2, 0.25) is 0 Å². The van der Waals surface area contributed by atoms with Crippen molar-refractivity contribution < 1.29 is 9.18 Å². The summed E-state index contributed by atoms with van der Waals surface area (Å²) < 4.78 is 12.6. The van der Waals surface area contributed by atoms with E-state index in [-0.39, 0.29) is 5.91 Å². The average Bonchev–Trinajstić information content (AvgIpc) is 2.05. The summed E-state index contributed by atoms with van der Waals surface area (Å²) in [6.07, 6.45) is 0. The maximum Gasteiger partial charge on any atom is 0.251 e. The highest BCUT2D eigenvalue weighted by Gasteiger charge is 2.03. The van der Waals surface area contributed by atoms with Gasteiger partial charge in [0.05, 0.1) is 0 Å². The van der Waals surface area contributed by atoms with Crippen molar-refractivity contribution in [3.05, 3.63) is 42.6 Å². The first kappa shape index (κ1) is 8.71. The molecule has 2 nitrogen and oxygen atoms in total. The fourth-order valence-corrected chi connectivity index (χ4v) is 0.845. The second-order valence-corrected chi connectivity index (χ2v) is 2.27. The first-order chi connectivity index (χ1) is 5.74. The molecule has 0 aliphatic carbocycles. The van der Waals surface area contributed by atoms with Gasteiger partial charge in [-0.3, -0.25) is 4.79 Å². The molecule has 1 radical (unpaired) electrons. The monoisotopic (exact) mass is 166 g/mol. The molecule has 1 N–H and O–H groups in total. The quantitative estimate of drug-likeness (QED) is 0.706. The Morgan fingerprint density at radius 2 is 2.33 bits per heavy atom. The van der Waals surface area contributed by atoms with Crippen LogP contribution in [0.4, 0.5) is 4.39 Å². The topological polar surface area (TPSA) is 29.1 Å². The highest BCUT2D eigenvalue weighted by Crippen LogP contribution is 2.02. The highest BCUT2D eigenvalue weighted by molar-refractivity contribution is 5.94. The van der Waals surface area contributed by atoms with Gasteiger partial charge in [-0.1, -0.05) is 6.07 Å². The molecule has 0 spiro atoms. The van der Waals surface area contributed by atoms with Gasteiger partial charge >= 0.3 is 0 Å². The normalized spacial score (nSPS) is 9.50. The summed E-state index contributed by atoms with van der Waals surface area (Å²) >= 11 is 0. The second-order valence-electron chi connectivity index (χ2n) is 2.27. The fourth-order valence-electron chi connectivity index (χ4n) is 0.845. The number of rotatable bonds is 2. The molecule has 1 aromatic rings. The van der Waals surface area contributed by atoms with Gasteiger partial charge in [0.25, 0.3) is 5.91 Å². The van der Waals surface area contributed by atoms with Crippen LogP contribution in [0.1, 0.15) is 10.4 Å². The molecule has 0 aliphatic rings. The predicted molar refractivity (Wildman–Crippen MR) is 44.1 cm³/mol. The molecule has 1 aromatic carbocycles. The molecule has 0 bridgehead atoms. The molecule has 1 amide bonds. The third-order valence-corrected chi connectivity index (χ3v) is 1.37. The van der Waals surface area contributed by atoms with Crippen molar-refractivity contribution in [3.8, 4) is 0 Å². The largest absolute Gasteiger partial charge is 0.352 e. The Hall–Kier alpha value is -1.38. The lowest BCUT2D eigenvalue weighted by atomic mass is 10.2. The highest BCUT2D eigenvalue weighted by atomic mass is 19.1. The number of halogens is 1. The Labute approximate surface area is 70.4 Å². The van der Waals surface area contributed by atoms with Crippen molar-refractivity contribution in [3.63, 3.8) is 0 Å². The van der Waals surface area contributed by atoms with E-state index in [9.17, 15) is 9.18 Å². The molecule has 0 fully saturated rings. The van der Waals surface area contributed by atoms with Crippen molar-refractivity contribution in [1.82, 2.24) is 5.32 Å². The van der Waals surface area contributed by atoms with E-state index in [0.29, 0.717) is 12.1 Å². The van der Waals surface area contributed by atoms with Crippen molar-refractivity contribution in [1.29, 1.82) is 0 Å². The minimum atomic E-state index is -0.410. The van der Waals surface area contributed by atoms with Crippen LogP contribution in [0.3, 0.4) is 0 Å². The third kappa shape index (κ3) is 2.05. The molecular formula is C9H9FNO. The van der Waals surface area contributed by atoms with Gasteiger partial charge in [-0.05, 0) is 25.1 Å². The summed E-state index contributed by atoms with van der Waals surface area (Å²) in [5.41, 5.74) is 0.318. The molecule has 0 saturated heterocycles. The maximum absolute atomic E-state index is 12.6. The Morgan fingerprint density at radius 3 is 2.92 bits per heavy atom. The van der Waals surface area contributed by atoms with Crippen molar-refractivity contribution in [2.75, 3.05) is 6.54 Å². The lowest BCUT2D eigenvalue weighted by Gasteiger charge is -2.00. The van der Waals surface area contributed by atoms with Crippen LogP contribution in [0.2, 0.25) is 0 Å². The van der Waals surface area contributed by atoms with Crippen LogP contribution in [-0.2, 0) is 0 Å². The molecule has 0 aliphatic heterocycles. The van der Waals surface area contributed by atoms with Crippen molar-refractivity contribution in [2.45, 2.75) is 0 Å². The van der Waals surface area contributed by atoms with E-state index in [1.807, 2.05) is 0 Å². The van der Waals surface area contributed by atoms with E-state index in [1.54, 1.807) is 6.07 Å². The summed E-state index contributed by atoms with van der Waals surface area (Å²) in [7, 11) is 0. The average molecular weight is 166 g/mol. The third-order valence-electron chi connectivity index (χ3n) is 1.37. The van der Waals surface area contributed by atoms with E-state index in [0.717, 1.165) is 0 Å². The first-order valence-corrected chi connectivity index (χ1v) is 3.57. The van der Waals surface area contributed by atoms with E-state index < -0.39 is 5.82 Å². The van der Waals surface area contributed by atoms with E-state index >= 15 is 0 Å². The first-order valence-electron chi connectivity index (χ1n) is 3.57. The molecule has 0 aromatic heterocycles. The summed E-state index contributed by atoms with van der Waals surface area (Å²) in [6, 6.07) is 5.52. The zero-order valence-electron chi connectivity index (χ0n) is 6.51. The van der Waals surface area contributed by atoms with E-state index in [4.69, 9.17) is 0 Å². The number of amides is 1. The molecule has 0 atom stereocenters. The Kier molecular flexibility index (Phi) is 2.80. The van der Waals surface area contributed by atoms with Crippen LogP contribution in [0, 0.1) is 12.7 Å². The molecule has 0 unspecified atom stereocenters. The van der Waals surface area contributed by atoms with Gasteiger partial charge in [0.15, 0.2) is 0 Å². The van der Waals surface area contributed by atoms with Gasteiger partial charge < -0.3 is 5.32 Å². The summed E-state index contributed by atoms with van der Waals surface area (Å²) in [5.74, 6) is -0.712. The minimum Gasteiger partial charge on any atom is -0.352 e. The number of carbonyl (C=O) groups is 1. The summed E-state index contributed by atoms with van der Waals surface area (Å²) in [4.78, 5) is 11.1. The molecule has 3 heteroatoms. The zero-order valence-corrected chi connectivity index (χ0v) is 6.51. The lowest BCUT2D eigenvalue weighted by Crippen LogP contribution is -2.22. The predicted octanol–water partition coefficient (Wildman–Crippen LogP) is 1.39. The van der Waals surface area contributed by atoms with E-state index in [1.165, 1.54) is 18.2 Å². The van der Waals surface area contributed by atoms with Crippen LogP contribution in [0.25, 0.3) is 0 Å². The van der Waals surface area contributed by atoms with Gasteiger partial charge in [-0.2, -0.15) is 0 Å². The molecule has 0 heterocycles. The van der Waals surface area contributed by atoms with Gasteiger partial charge in [0.1, 0.15) is 5.82 Å². The molecule has 12 heavy (non-hydrogen) atoms. The lowest BCUT2D eigenvalue weighted by molar-refractivity contribution is 0.0957. The van der Waals surface area contributed by atoms with Crippen LogP contribution in [0.5, 0.6) is 0 Å². The number of benzene rings is 1. The second kappa shape index (κ2) is 3.85. The number of carbonyl (C=O) groups excluding carboxylic acids is 1. The zero-order chi connectivity index (χ0) is 8.97. The van der Waals surface area contributed by atoms with Crippen LogP contribution >= 0.6 is 0 Å². The van der Waals surface area contributed by atoms with Crippen LogP contribution in [-0.4, -0.2) is 12.5 Å². The smallest absolute Gasteiger partial charge is 0.251 e.